The summed E-state index contributed by atoms with van der Waals surface area (Å²) in [5.41, 5.74) is 1.06. The Morgan fingerprint density at radius 2 is 2.00 bits per heavy atom. The third kappa shape index (κ3) is 5.71. The molecule has 0 radical (unpaired) electrons. The molecule has 0 aliphatic carbocycles. The Balaban J connectivity index is 2.54. The topological polar surface area (TPSA) is 75.3 Å². The van der Waals surface area contributed by atoms with Crippen LogP contribution in [0.25, 0.3) is 0 Å². The Morgan fingerprint density at radius 3 is 2.58 bits per heavy atom. The standard InChI is InChI=1S/C12H17BrN2O3S/c1-9(7-10-5-3-4-6-11(10)13)15-12(16)8-19(17,18)14-2/h3-6,9,14H,7-8H2,1-2H3,(H,15,16)/t9-/m0/s1. The fraction of sp³-hybridized carbons (Fsp3) is 0.417. The van der Waals surface area contributed by atoms with E-state index in [1.807, 2.05) is 31.2 Å². The summed E-state index contributed by atoms with van der Waals surface area (Å²) >= 11 is 3.43. The van der Waals surface area contributed by atoms with Gasteiger partial charge in [0.05, 0.1) is 0 Å². The molecule has 0 aliphatic rings. The van der Waals surface area contributed by atoms with E-state index < -0.39 is 21.7 Å². The number of amides is 1. The van der Waals surface area contributed by atoms with E-state index >= 15 is 0 Å². The van der Waals surface area contributed by atoms with E-state index in [0.717, 1.165) is 10.0 Å². The summed E-state index contributed by atoms with van der Waals surface area (Å²) in [5, 5.41) is 2.67. The molecular weight excluding hydrogens is 332 g/mol. The molecule has 0 aliphatic heterocycles. The normalized spacial score (nSPS) is 13.0. The Morgan fingerprint density at radius 1 is 1.37 bits per heavy atom. The number of hydrogen-bond donors (Lipinski definition) is 2. The molecule has 1 atom stereocenters. The predicted octanol–water partition coefficient (Wildman–Crippen LogP) is 1.05. The van der Waals surface area contributed by atoms with Gasteiger partial charge in [-0.25, -0.2) is 13.1 Å². The van der Waals surface area contributed by atoms with Crippen LogP contribution in [0, 0.1) is 0 Å². The highest BCUT2D eigenvalue weighted by atomic mass is 79.9. The lowest BCUT2D eigenvalue weighted by molar-refractivity contribution is -0.119. The lowest BCUT2D eigenvalue weighted by atomic mass is 10.1. The summed E-state index contributed by atoms with van der Waals surface area (Å²) in [6, 6.07) is 7.57. The van der Waals surface area contributed by atoms with Gasteiger partial charge in [0.1, 0.15) is 5.75 Å². The van der Waals surface area contributed by atoms with Crippen molar-refractivity contribution < 1.29 is 13.2 Å². The first-order valence-corrected chi connectivity index (χ1v) is 8.22. The van der Waals surface area contributed by atoms with Gasteiger partial charge in [0, 0.05) is 10.5 Å². The average molecular weight is 349 g/mol. The maximum absolute atomic E-state index is 11.6. The number of halogens is 1. The molecule has 1 aromatic rings. The molecule has 0 unspecified atom stereocenters. The van der Waals surface area contributed by atoms with Crippen molar-refractivity contribution in [3.05, 3.63) is 34.3 Å². The average Bonchev–Trinajstić information content (AvgIpc) is 2.31. The molecule has 1 rings (SSSR count). The number of carbonyl (C=O) groups is 1. The minimum Gasteiger partial charge on any atom is -0.352 e. The molecule has 19 heavy (non-hydrogen) atoms. The van der Waals surface area contributed by atoms with E-state index in [1.54, 1.807) is 0 Å². The van der Waals surface area contributed by atoms with E-state index in [4.69, 9.17) is 0 Å². The minimum absolute atomic E-state index is 0.141. The number of sulfonamides is 1. The molecule has 7 heteroatoms. The molecule has 0 bridgehead atoms. The molecule has 0 saturated heterocycles. The summed E-state index contributed by atoms with van der Waals surface area (Å²) in [4.78, 5) is 11.6. The summed E-state index contributed by atoms with van der Waals surface area (Å²) in [6.45, 7) is 1.84. The predicted molar refractivity (Wildman–Crippen MR) is 78.3 cm³/mol. The van der Waals surface area contributed by atoms with E-state index in [9.17, 15) is 13.2 Å². The first-order chi connectivity index (χ1) is 8.84. The molecule has 1 aromatic carbocycles. The van der Waals surface area contributed by atoms with Crippen molar-refractivity contribution in [3.8, 4) is 0 Å². The van der Waals surface area contributed by atoms with E-state index in [0.29, 0.717) is 6.42 Å². The lowest BCUT2D eigenvalue weighted by Gasteiger charge is -2.14. The first kappa shape index (κ1) is 16.1. The van der Waals surface area contributed by atoms with Crippen LogP contribution in [0.1, 0.15) is 12.5 Å². The van der Waals surface area contributed by atoms with Gasteiger partial charge in [0.25, 0.3) is 0 Å². The highest BCUT2D eigenvalue weighted by Gasteiger charge is 2.16. The van der Waals surface area contributed by atoms with Gasteiger partial charge >= 0.3 is 0 Å². The SMILES string of the molecule is CNS(=O)(=O)CC(=O)N[C@@H](C)Cc1ccccc1Br. The molecule has 1 amide bonds. The van der Waals surface area contributed by atoms with E-state index in [2.05, 4.69) is 26.0 Å². The van der Waals surface area contributed by atoms with Crippen molar-refractivity contribution >= 4 is 31.9 Å². The number of rotatable bonds is 6. The fourth-order valence-corrected chi connectivity index (χ4v) is 2.63. The fourth-order valence-electron chi connectivity index (χ4n) is 1.61. The molecule has 0 aromatic heterocycles. The smallest absolute Gasteiger partial charge is 0.236 e. The van der Waals surface area contributed by atoms with Crippen molar-refractivity contribution in [2.45, 2.75) is 19.4 Å². The monoisotopic (exact) mass is 348 g/mol. The second-order valence-electron chi connectivity index (χ2n) is 4.23. The van der Waals surface area contributed by atoms with Crippen LogP contribution in [0.2, 0.25) is 0 Å². The Kier molecular flexibility index (Phi) is 5.96. The van der Waals surface area contributed by atoms with Crippen molar-refractivity contribution in [2.75, 3.05) is 12.8 Å². The quantitative estimate of drug-likeness (QED) is 0.806. The van der Waals surface area contributed by atoms with Crippen LogP contribution in [0.3, 0.4) is 0 Å². The molecule has 0 fully saturated rings. The van der Waals surface area contributed by atoms with Crippen LogP contribution in [0.5, 0.6) is 0 Å². The Labute approximate surface area is 122 Å². The maximum Gasteiger partial charge on any atom is 0.236 e. The Bertz CT molecular complexity index is 546. The van der Waals surface area contributed by atoms with Gasteiger partial charge in [-0.05, 0) is 32.0 Å². The zero-order chi connectivity index (χ0) is 14.5. The zero-order valence-corrected chi connectivity index (χ0v) is 13.2. The van der Waals surface area contributed by atoms with Gasteiger partial charge in [-0.15, -0.1) is 0 Å². The van der Waals surface area contributed by atoms with Crippen molar-refractivity contribution in [1.82, 2.24) is 10.0 Å². The third-order valence-corrected chi connectivity index (χ3v) is 4.56. The number of nitrogens with one attached hydrogen (secondary N) is 2. The second kappa shape index (κ2) is 7.02. The summed E-state index contributed by atoms with van der Waals surface area (Å²) < 4.78 is 25.5. The highest BCUT2D eigenvalue weighted by molar-refractivity contribution is 9.10. The summed E-state index contributed by atoms with van der Waals surface area (Å²) in [7, 11) is -2.23. The molecule has 2 N–H and O–H groups in total. The molecule has 0 heterocycles. The minimum atomic E-state index is -3.52. The second-order valence-corrected chi connectivity index (χ2v) is 7.01. The maximum atomic E-state index is 11.6. The lowest BCUT2D eigenvalue weighted by Crippen LogP contribution is -2.40. The Hall–Kier alpha value is -0.920. The molecular formula is C12H17BrN2O3S. The van der Waals surface area contributed by atoms with E-state index in [-0.39, 0.29) is 6.04 Å². The van der Waals surface area contributed by atoms with Gasteiger partial charge in [-0.2, -0.15) is 0 Å². The van der Waals surface area contributed by atoms with Gasteiger partial charge in [-0.1, -0.05) is 34.1 Å². The summed E-state index contributed by atoms with van der Waals surface area (Å²) in [5.74, 6) is -1.06. The molecule has 0 saturated carbocycles. The van der Waals surface area contributed by atoms with Crippen LogP contribution in [0.4, 0.5) is 0 Å². The van der Waals surface area contributed by atoms with E-state index in [1.165, 1.54) is 7.05 Å². The van der Waals surface area contributed by atoms with Crippen LogP contribution in [-0.2, 0) is 21.2 Å². The van der Waals surface area contributed by atoms with Crippen molar-refractivity contribution in [2.24, 2.45) is 0 Å². The first-order valence-electron chi connectivity index (χ1n) is 5.78. The van der Waals surface area contributed by atoms with Crippen molar-refractivity contribution in [1.29, 1.82) is 0 Å². The number of hydrogen-bond acceptors (Lipinski definition) is 3. The van der Waals surface area contributed by atoms with Crippen LogP contribution >= 0.6 is 15.9 Å². The van der Waals surface area contributed by atoms with Gasteiger partial charge in [0.15, 0.2) is 0 Å². The van der Waals surface area contributed by atoms with Crippen LogP contribution < -0.4 is 10.0 Å². The third-order valence-electron chi connectivity index (χ3n) is 2.52. The van der Waals surface area contributed by atoms with Crippen molar-refractivity contribution in [3.63, 3.8) is 0 Å². The van der Waals surface area contributed by atoms with Crippen LogP contribution in [-0.4, -0.2) is 33.2 Å². The van der Waals surface area contributed by atoms with Gasteiger partial charge in [-0.3, -0.25) is 4.79 Å². The van der Waals surface area contributed by atoms with Crippen LogP contribution in [0.15, 0.2) is 28.7 Å². The highest BCUT2D eigenvalue weighted by Crippen LogP contribution is 2.17. The molecule has 106 valence electrons. The molecule has 0 spiro atoms. The molecule has 5 nitrogen and oxygen atoms in total. The van der Waals surface area contributed by atoms with Gasteiger partial charge < -0.3 is 5.32 Å². The largest absolute Gasteiger partial charge is 0.352 e. The number of carbonyl (C=O) groups excluding carboxylic acids is 1. The van der Waals surface area contributed by atoms with Gasteiger partial charge in [0.2, 0.25) is 15.9 Å². The zero-order valence-electron chi connectivity index (χ0n) is 10.8. The number of benzene rings is 1. The summed E-state index contributed by atoms with van der Waals surface area (Å²) in [6.07, 6.45) is 0.632.